The maximum Gasteiger partial charge on any atom is 0.303 e. The summed E-state index contributed by atoms with van der Waals surface area (Å²) in [5.41, 5.74) is 8.39. The molecule has 1 aromatic rings. The van der Waals surface area contributed by atoms with Gasteiger partial charge >= 0.3 is 11.9 Å². The fraction of sp³-hybridized carbons (Fsp3) is 0.467. The molecular formula is C15H22N2O4. The molecule has 0 atom stereocenters. The van der Waals surface area contributed by atoms with Crippen LogP contribution in [0.2, 0.25) is 0 Å². The van der Waals surface area contributed by atoms with Crippen molar-refractivity contribution in [3.05, 3.63) is 23.8 Å². The molecule has 116 valence electrons. The van der Waals surface area contributed by atoms with Crippen molar-refractivity contribution in [1.29, 1.82) is 0 Å². The van der Waals surface area contributed by atoms with Gasteiger partial charge in [-0.2, -0.15) is 0 Å². The summed E-state index contributed by atoms with van der Waals surface area (Å²) >= 11 is 0. The summed E-state index contributed by atoms with van der Waals surface area (Å²) < 4.78 is 0. The SMILES string of the molecule is Cc1cc(N(CCCC(=O)O)CCCC(=O)O)ccc1N. The predicted octanol–water partition coefficient (Wildman–Crippen LogP) is 2.11. The number of benzene rings is 1. The maximum absolute atomic E-state index is 10.6. The van der Waals surface area contributed by atoms with E-state index in [0.29, 0.717) is 31.6 Å². The third-order valence-electron chi connectivity index (χ3n) is 3.26. The number of hydrogen-bond donors (Lipinski definition) is 3. The lowest BCUT2D eigenvalue weighted by Crippen LogP contribution is -2.26. The summed E-state index contributed by atoms with van der Waals surface area (Å²) in [4.78, 5) is 23.2. The van der Waals surface area contributed by atoms with Gasteiger partial charge in [0.1, 0.15) is 0 Å². The fourth-order valence-electron chi connectivity index (χ4n) is 2.07. The minimum Gasteiger partial charge on any atom is -0.481 e. The third-order valence-corrected chi connectivity index (χ3v) is 3.26. The van der Waals surface area contributed by atoms with Gasteiger partial charge in [0, 0.05) is 37.3 Å². The minimum atomic E-state index is -0.825. The molecular weight excluding hydrogens is 272 g/mol. The Kier molecular flexibility index (Phi) is 6.52. The van der Waals surface area contributed by atoms with Crippen molar-refractivity contribution in [2.75, 3.05) is 23.7 Å². The summed E-state index contributed by atoms with van der Waals surface area (Å²) in [5.74, 6) is -1.65. The van der Waals surface area contributed by atoms with E-state index in [4.69, 9.17) is 15.9 Å². The summed E-state index contributed by atoms with van der Waals surface area (Å²) in [6, 6.07) is 5.63. The lowest BCUT2D eigenvalue weighted by molar-refractivity contribution is -0.138. The van der Waals surface area contributed by atoms with E-state index in [-0.39, 0.29) is 12.8 Å². The van der Waals surface area contributed by atoms with Gasteiger partial charge in [0.25, 0.3) is 0 Å². The molecule has 6 nitrogen and oxygen atoms in total. The predicted molar refractivity (Wildman–Crippen MR) is 81.5 cm³/mol. The number of hydrogen-bond acceptors (Lipinski definition) is 4. The summed E-state index contributed by atoms with van der Waals surface area (Å²) in [5, 5.41) is 17.4. The highest BCUT2D eigenvalue weighted by atomic mass is 16.4. The Morgan fingerprint density at radius 3 is 2.05 bits per heavy atom. The Labute approximate surface area is 124 Å². The van der Waals surface area contributed by atoms with E-state index >= 15 is 0 Å². The van der Waals surface area contributed by atoms with Crippen LogP contribution in [0.15, 0.2) is 18.2 Å². The number of nitrogen functional groups attached to an aromatic ring is 1. The highest BCUT2D eigenvalue weighted by Crippen LogP contribution is 2.21. The first kappa shape index (κ1) is 16.8. The second-order valence-corrected chi connectivity index (χ2v) is 5.02. The van der Waals surface area contributed by atoms with Gasteiger partial charge < -0.3 is 20.8 Å². The molecule has 6 heteroatoms. The smallest absolute Gasteiger partial charge is 0.303 e. The van der Waals surface area contributed by atoms with Gasteiger partial charge in [-0.3, -0.25) is 9.59 Å². The van der Waals surface area contributed by atoms with Gasteiger partial charge in [-0.05, 0) is 43.5 Å². The first-order valence-corrected chi connectivity index (χ1v) is 6.95. The lowest BCUT2D eigenvalue weighted by atomic mass is 10.1. The summed E-state index contributed by atoms with van der Waals surface area (Å²) in [7, 11) is 0. The molecule has 0 aliphatic carbocycles. The van der Waals surface area contributed by atoms with Crippen LogP contribution >= 0.6 is 0 Å². The standard InChI is InChI=1S/C15H22N2O4/c1-11-10-12(6-7-13(11)16)17(8-2-4-14(18)19)9-3-5-15(20)21/h6-7,10H,2-5,8-9,16H2,1H3,(H,18,19)(H,20,21). The number of rotatable bonds is 9. The molecule has 21 heavy (non-hydrogen) atoms. The zero-order chi connectivity index (χ0) is 15.8. The molecule has 0 spiro atoms. The number of nitrogens with two attached hydrogens (primary N) is 1. The summed E-state index contributed by atoms with van der Waals surface area (Å²) in [6.45, 7) is 3.07. The van der Waals surface area contributed by atoms with E-state index in [1.165, 1.54) is 0 Å². The van der Waals surface area contributed by atoms with Crippen LogP contribution in [0, 0.1) is 6.92 Å². The van der Waals surface area contributed by atoms with Gasteiger partial charge in [0.05, 0.1) is 0 Å². The van der Waals surface area contributed by atoms with Gasteiger partial charge in [0.2, 0.25) is 0 Å². The zero-order valence-electron chi connectivity index (χ0n) is 12.2. The Morgan fingerprint density at radius 2 is 1.62 bits per heavy atom. The molecule has 0 saturated heterocycles. The van der Waals surface area contributed by atoms with Crippen LogP contribution in [0.1, 0.15) is 31.2 Å². The average molecular weight is 294 g/mol. The van der Waals surface area contributed by atoms with Crippen LogP contribution in [-0.2, 0) is 9.59 Å². The monoisotopic (exact) mass is 294 g/mol. The first-order valence-electron chi connectivity index (χ1n) is 6.95. The van der Waals surface area contributed by atoms with Gasteiger partial charge in [-0.25, -0.2) is 0 Å². The van der Waals surface area contributed by atoms with Crippen molar-refractivity contribution >= 4 is 23.3 Å². The molecule has 1 aromatic carbocycles. The third kappa shape index (κ3) is 6.16. The molecule has 0 aromatic heterocycles. The molecule has 4 N–H and O–H groups in total. The van der Waals surface area contributed by atoms with Crippen LogP contribution in [0.5, 0.6) is 0 Å². The molecule has 0 aliphatic rings. The van der Waals surface area contributed by atoms with Gasteiger partial charge in [0.15, 0.2) is 0 Å². The van der Waals surface area contributed by atoms with E-state index < -0.39 is 11.9 Å². The van der Waals surface area contributed by atoms with Crippen LogP contribution in [0.3, 0.4) is 0 Å². The van der Waals surface area contributed by atoms with E-state index in [0.717, 1.165) is 11.3 Å². The Balaban J connectivity index is 2.71. The second kappa shape index (κ2) is 8.14. The molecule has 0 heterocycles. The lowest BCUT2D eigenvalue weighted by Gasteiger charge is -2.25. The zero-order valence-corrected chi connectivity index (χ0v) is 12.2. The van der Waals surface area contributed by atoms with Gasteiger partial charge in [-0.15, -0.1) is 0 Å². The molecule has 0 radical (unpaired) electrons. The van der Waals surface area contributed by atoms with Crippen molar-refractivity contribution in [3.8, 4) is 0 Å². The van der Waals surface area contributed by atoms with Crippen LogP contribution in [0.4, 0.5) is 11.4 Å². The Hall–Kier alpha value is -2.24. The van der Waals surface area contributed by atoms with Crippen LogP contribution in [0.25, 0.3) is 0 Å². The maximum atomic E-state index is 10.6. The Morgan fingerprint density at radius 1 is 1.10 bits per heavy atom. The van der Waals surface area contributed by atoms with E-state index in [1.807, 2.05) is 30.0 Å². The van der Waals surface area contributed by atoms with E-state index in [9.17, 15) is 9.59 Å². The van der Waals surface area contributed by atoms with Crippen LogP contribution < -0.4 is 10.6 Å². The molecule has 0 amide bonds. The van der Waals surface area contributed by atoms with Crippen molar-refractivity contribution in [3.63, 3.8) is 0 Å². The highest BCUT2D eigenvalue weighted by molar-refractivity contribution is 5.67. The molecule has 0 unspecified atom stereocenters. The number of nitrogens with zero attached hydrogens (tertiary/aromatic N) is 1. The number of carboxylic acids is 2. The quantitative estimate of drug-likeness (QED) is 0.603. The topological polar surface area (TPSA) is 104 Å². The second-order valence-electron chi connectivity index (χ2n) is 5.02. The van der Waals surface area contributed by atoms with Crippen molar-refractivity contribution < 1.29 is 19.8 Å². The molecule has 0 saturated carbocycles. The minimum absolute atomic E-state index is 0.101. The molecule has 0 fully saturated rings. The van der Waals surface area contributed by atoms with E-state index in [2.05, 4.69) is 0 Å². The largest absolute Gasteiger partial charge is 0.481 e. The molecule has 0 aliphatic heterocycles. The number of anilines is 2. The van der Waals surface area contributed by atoms with Crippen molar-refractivity contribution in [1.82, 2.24) is 0 Å². The van der Waals surface area contributed by atoms with Crippen molar-refractivity contribution in [2.45, 2.75) is 32.6 Å². The average Bonchev–Trinajstić information content (AvgIpc) is 2.39. The summed E-state index contributed by atoms with van der Waals surface area (Å²) in [6.07, 6.45) is 1.24. The van der Waals surface area contributed by atoms with Crippen molar-refractivity contribution in [2.24, 2.45) is 0 Å². The molecule has 0 bridgehead atoms. The van der Waals surface area contributed by atoms with E-state index in [1.54, 1.807) is 0 Å². The molecule has 1 rings (SSSR count). The normalized spacial score (nSPS) is 10.3. The highest BCUT2D eigenvalue weighted by Gasteiger charge is 2.09. The number of carboxylic acid groups (broad SMARTS) is 2. The van der Waals surface area contributed by atoms with Gasteiger partial charge in [-0.1, -0.05) is 0 Å². The fourth-order valence-corrected chi connectivity index (χ4v) is 2.07. The number of aryl methyl sites for hydroxylation is 1. The number of aliphatic carboxylic acids is 2. The van der Waals surface area contributed by atoms with Crippen LogP contribution in [-0.4, -0.2) is 35.2 Å². The Bertz CT molecular complexity index is 482. The number of carbonyl (C=O) groups is 2. The first-order chi connectivity index (χ1) is 9.90.